The minimum absolute atomic E-state index is 0.211. The van der Waals surface area contributed by atoms with Gasteiger partial charge in [-0.1, -0.05) is 31.9 Å². The van der Waals surface area contributed by atoms with Crippen LogP contribution in [-0.4, -0.2) is 27.7 Å². The molecule has 0 aliphatic carbocycles. The van der Waals surface area contributed by atoms with Crippen LogP contribution in [0.3, 0.4) is 0 Å². The Morgan fingerprint density at radius 3 is 2.22 bits per heavy atom. The van der Waals surface area contributed by atoms with Crippen molar-refractivity contribution in [3.63, 3.8) is 0 Å². The molecule has 0 bridgehead atoms. The van der Waals surface area contributed by atoms with E-state index in [1.807, 2.05) is 14.0 Å². The van der Waals surface area contributed by atoms with Crippen LogP contribution in [0.5, 0.6) is 0 Å². The molecule has 0 aromatic rings. The molecule has 0 amide bonds. The summed E-state index contributed by atoms with van der Waals surface area (Å²) in [4.78, 5) is 6.87. The van der Waals surface area contributed by atoms with Crippen molar-refractivity contribution in [3.05, 3.63) is 0 Å². The summed E-state index contributed by atoms with van der Waals surface area (Å²) >= 11 is 6.88. The van der Waals surface area contributed by atoms with Crippen LogP contribution in [0.1, 0.15) is 6.92 Å². The quantitative estimate of drug-likeness (QED) is 0.476. The van der Waals surface area contributed by atoms with Crippen molar-refractivity contribution >= 4 is 37.7 Å². The zero-order valence-electron chi connectivity index (χ0n) is 5.31. The molecule has 2 unspecified atom stereocenters. The molecule has 4 heteroatoms. The predicted octanol–water partition coefficient (Wildman–Crippen LogP) is 1.79. The monoisotopic (exact) mass is 254 g/mol. The molecular weight excluding hydrogens is 248 g/mol. The van der Waals surface area contributed by atoms with Crippen LogP contribution in [0.2, 0.25) is 0 Å². The minimum Gasteiger partial charge on any atom is -0.348 e. The highest BCUT2D eigenvalue weighted by Gasteiger charge is 2.26. The Morgan fingerprint density at radius 2 is 2.11 bits per heavy atom. The molecule has 0 radical (unpaired) electrons. The molecule has 9 heavy (non-hydrogen) atoms. The van der Waals surface area contributed by atoms with E-state index in [1.165, 1.54) is 0 Å². The third-order valence-electron chi connectivity index (χ3n) is 1.42. The van der Waals surface area contributed by atoms with Gasteiger partial charge in [0, 0.05) is 7.05 Å². The number of hydrogen-bond donors (Lipinski definition) is 0. The highest BCUT2D eigenvalue weighted by Crippen LogP contribution is 2.24. The normalized spacial score (nSPS) is 35.1. The van der Waals surface area contributed by atoms with Gasteiger partial charge in [-0.2, -0.15) is 0 Å². The Hall–Kier alpha value is 0.430. The average molecular weight is 256 g/mol. The van der Waals surface area contributed by atoms with E-state index in [0.717, 1.165) is 5.84 Å². The fourth-order valence-electron chi connectivity index (χ4n) is 0.694. The number of halogens is 2. The van der Waals surface area contributed by atoms with E-state index in [-0.39, 0.29) is 4.95 Å². The van der Waals surface area contributed by atoms with Crippen LogP contribution in [0.25, 0.3) is 0 Å². The summed E-state index contributed by atoms with van der Waals surface area (Å²) in [6.45, 7) is 2.00. The van der Waals surface area contributed by atoms with Crippen molar-refractivity contribution in [2.24, 2.45) is 4.99 Å². The standard InChI is InChI=1S/C5H8Br2N2/c1-3-8-4(6)5(7)9(3)2/h4-5H,1-2H3. The molecule has 2 atom stereocenters. The number of rotatable bonds is 0. The third kappa shape index (κ3) is 1.29. The van der Waals surface area contributed by atoms with Gasteiger partial charge in [-0.05, 0) is 6.92 Å². The Labute approximate surface area is 71.6 Å². The van der Waals surface area contributed by atoms with Gasteiger partial charge in [-0.3, -0.25) is 4.99 Å². The fourth-order valence-corrected chi connectivity index (χ4v) is 1.76. The highest BCUT2D eigenvalue weighted by atomic mass is 79.9. The number of alkyl halides is 2. The number of amidine groups is 1. The topological polar surface area (TPSA) is 15.6 Å². The molecule has 0 N–H and O–H groups in total. The highest BCUT2D eigenvalue weighted by molar-refractivity contribution is 9.12. The molecule has 0 aromatic heterocycles. The van der Waals surface area contributed by atoms with Crippen LogP contribution < -0.4 is 0 Å². The van der Waals surface area contributed by atoms with Gasteiger partial charge in [-0.15, -0.1) is 0 Å². The van der Waals surface area contributed by atoms with Crippen molar-refractivity contribution in [2.45, 2.75) is 16.8 Å². The predicted molar refractivity (Wildman–Crippen MR) is 46.3 cm³/mol. The van der Waals surface area contributed by atoms with Gasteiger partial charge in [0.2, 0.25) is 0 Å². The van der Waals surface area contributed by atoms with Gasteiger partial charge in [-0.25, -0.2) is 0 Å². The lowest BCUT2D eigenvalue weighted by molar-refractivity contribution is 0.515. The van der Waals surface area contributed by atoms with Crippen LogP contribution in [0.4, 0.5) is 0 Å². The Balaban J connectivity index is 2.70. The Bertz CT molecular complexity index is 146. The second-order valence-corrected chi connectivity index (χ2v) is 3.91. The van der Waals surface area contributed by atoms with Crippen LogP contribution in [0.15, 0.2) is 4.99 Å². The summed E-state index contributed by atoms with van der Waals surface area (Å²) in [5, 5.41) is 0. The molecule has 0 saturated heterocycles. The van der Waals surface area contributed by atoms with E-state index in [9.17, 15) is 0 Å². The van der Waals surface area contributed by atoms with Crippen LogP contribution in [-0.2, 0) is 0 Å². The summed E-state index contributed by atoms with van der Waals surface area (Å²) in [5.74, 6) is 1.07. The van der Waals surface area contributed by atoms with Crippen LogP contribution >= 0.6 is 31.9 Å². The first-order valence-corrected chi connectivity index (χ1v) is 4.51. The summed E-state index contributed by atoms with van der Waals surface area (Å²) in [6.07, 6.45) is 0. The molecule has 0 aromatic carbocycles. The fraction of sp³-hybridized carbons (Fsp3) is 0.800. The van der Waals surface area contributed by atoms with Gasteiger partial charge in [0.25, 0.3) is 0 Å². The molecule has 1 rings (SSSR count). The number of hydrogen-bond acceptors (Lipinski definition) is 2. The molecular formula is C5H8Br2N2. The first-order chi connectivity index (χ1) is 4.13. The van der Waals surface area contributed by atoms with Gasteiger partial charge in [0.05, 0.1) is 5.84 Å². The first kappa shape index (κ1) is 7.54. The maximum Gasteiger partial charge on any atom is 0.137 e. The van der Waals surface area contributed by atoms with Crippen molar-refractivity contribution in [2.75, 3.05) is 7.05 Å². The summed E-state index contributed by atoms with van der Waals surface area (Å²) in [7, 11) is 2.01. The zero-order valence-corrected chi connectivity index (χ0v) is 8.48. The lowest BCUT2D eigenvalue weighted by Crippen LogP contribution is -2.28. The van der Waals surface area contributed by atoms with Crippen molar-refractivity contribution in [1.29, 1.82) is 0 Å². The third-order valence-corrected chi connectivity index (χ3v) is 3.95. The molecule has 1 aliphatic rings. The summed E-state index contributed by atoms with van der Waals surface area (Å²) < 4.78 is 0. The van der Waals surface area contributed by atoms with E-state index in [1.54, 1.807) is 0 Å². The molecule has 52 valence electrons. The Morgan fingerprint density at radius 1 is 1.56 bits per heavy atom. The van der Waals surface area contributed by atoms with Gasteiger partial charge in [0.15, 0.2) is 0 Å². The van der Waals surface area contributed by atoms with Gasteiger partial charge in [0.1, 0.15) is 9.90 Å². The summed E-state index contributed by atoms with van der Waals surface area (Å²) in [6, 6.07) is 0. The maximum absolute atomic E-state index is 4.26. The molecule has 2 nitrogen and oxygen atoms in total. The summed E-state index contributed by atoms with van der Waals surface area (Å²) in [5.41, 5.74) is 0. The second kappa shape index (κ2) is 2.58. The van der Waals surface area contributed by atoms with Crippen molar-refractivity contribution < 1.29 is 0 Å². The van der Waals surface area contributed by atoms with Gasteiger partial charge >= 0.3 is 0 Å². The lowest BCUT2D eigenvalue weighted by atomic mass is 10.6. The molecule has 0 fully saturated rings. The molecule has 0 saturated carbocycles. The molecule has 1 heterocycles. The SMILES string of the molecule is CC1=NC(Br)C(Br)N1C. The smallest absolute Gasteiger partial charge is 0.137 e. The average Bonchev–Trinajstić information content (AvgIpc) is 1.98. The van der Waals surface area contributed by atoms with E-state index < -0.39 is 0 Å². The second-order valence-electron chi connectivity index (χ2n) is 2.03. The zero-order chi connectivity index (χ0) is 7.02. The van der Waals surface area contributed by atoms with Gasteiger partial charge < -0.3 is 4.90 Å². The Kier molecular flexibility index (Phi) is 2.16. The number of nitrogens with zero attached hydrogens (tertiary/aromatic N) is 2. The van der Waals surface area contributed by atoms with E-state index in [2.05, 4.69) is 41.8 Å². The number of aliphatic imine (C=N–C) groups is 1. The maximum atomic E-state index is 4.26. The minimum atomic E-state index is 0.211. The lowest BCUT2D eigenvalue weighted by Gasteiger charge is -2.16. The van der Waals surface area contributed by atoms with Crippen LogP contribution in [0, 0.1) is 0 Å². The largest absolute Gasteiger partial charge is 0.348 e. The van der Waals surface area contributed by atoms with E-state index >= 15 is 0 Å². The van der Waals surface area contributed by atoms with E-state index in [0.29, 0.717) is 4.95 Å². The first-order valence-electron chi connectivity index (χ1n) is 2.68. The molecule has 0 spiro atoms. The molecule has 1 aliphatic heterocycles. The number of likely N-dealkylation sites (N-methyl/N-ethyl adjacent to an activating group) is 1. The van der Waals surface area contributed by atoms with E-state index in [4.69, 9.17) is 0 Å². The van der Waals surface area contributed by atoms with Crippen molar-refractivity contribution in [1.82, 2.24) is 4.90 Å². The van der Waals surface area contributed by atoms with Crippen molar-refractivity contribution in [3.8, 4) is 0 Å².